The largest absolute Gasteiger partial charge is 0.444 e. The summed E-state index contributed by atoms with van der Waals surface area (Å²) in [6.45, 7) is 6.54. The Morgan fingerprint density at radius 3 is 2.76 bits per heavy atom. The molecule has 0 aliphatic carbocycles. The monoisotopic (exact) mass is 300 g/mol. The van der Waals surface area contributed by atoms with Crippen LogP contribution in [-0.2, 0) is 0 Å². The summed E-state index contributed by atoms with van der Waals surface area (Å²) >= 11 is 3.25. The molecule has 1 atom stereocenters. The fourth-order valence-corrected chi connectivity index (χ4v) is 2.73. The van der Waals surface area contributed by atoms with Gasteiger partial charge in [0.15, 0.2) is 10.4 Å². The number of halogens is 1. The van der Waals surface area contributed by atoms with Crippen molar-refractivity contribution in [3.63, 3.8) is 0 Å². The molecule has 17 heavy (non-hydrogen) atoms. The third-order valence-corrected chi connectivity index (χ3v) is 3.56. The summed E-state index contributed by atoms with van der Waals surface area (Å²) in [5.74, 6) is 0.446. The minimum atomic E-state index is -0.00574. The molecule has 0 saturated carbocycles. The first-order chi connectivity index (χ1) is 7.99. The minimum Gasteiger partial charge on any atom is -0.444 e. The first-order valence-corrected chi connectivity index (χ1v) is 6.54. The molecule has 94 valence electrons. The van der Waals surface area contributed by atoms with Crippen LogP contribution in [0.2, 0.25) is 0 Å². The zero-order valence-electron chi connectivity index (χ0n) is 10.4. The molecule has 2 heterocycles. The van der Waals surface area contributed by atoms with E-state index in [-0.39, 0.29) is 11.9 Å². The van der Waals surface area contributed by atoms with Gasteiger partial charge in [-0.15, -0.1) is 0 Å². The maximum absolute atomic E-state index is 12.3. The molecule has 1 fully saturated rings. The molecule has 0 radical (unpaired) electrons. The lowest BCUT2D eigenvalue weighted by molar-refractivity contribution is 0.0500. The Kier molecular flexibility index (Phi) is 3.58. The van der Waals surface area contributed by atoms with Gasteiger partial charge in [-0.2, -0.15) is 0 Å². The number of hydrogen-bond donors (Lipinski definition) is 0. The number of aryl methyl sites for hydroxylation is 1. The van der Waals surface area contributed by atoms with Gasteiger partial charge >= 0.3 is 0 Å². The number of amides is 1. The van der Waals surface area contributed by atoms with E-state index in [0.717, 1.165) is 25.2 Å². The standard InChI is InChI=1S/C12H17BrN2O2/c1-8-6-10(13)17-11(8)12(16)15-5-4-14(3)7-9(15)2/h6,9H,4-5,7H2,1-3H3/t9-/m0/s1. The highest BCUT2D eigenvalue weighted by Crippen LogP contribution is 2.22. The van der Waals surface area contributed by atoms with Gasteiger partial charge in [-0.1, -0.05) is 0 Å². The molecule has 2 rings (SSSR count). The Labute approximate surface area is 110 Å². The summed E-state index contributed by atoms with van der Waals surface area (Å²) in [5, 5.41) is 0. The SMILES string of the molecule is Cc1cc(Br)oc1C(=O)N1CCN(C)C[C@@H]1C. The van der Waals surface area contributed by atoms with Crippen molar-refractivity contribution in [3.8, 4) is 0 Å². The molecule has 1 aliphatic heterocycles. The van der Waals surface area contributed by atoms with Crippen molar-refractivity contribution in [1.29, 1.82) is 0 Å². The lowest BCUT2D eigenvalue weighted by Crippen LogP contribution is -2.52. The van der Waals surface area contributed by atoms with E-state index in [1.807, 2.05) is 17.9 Å². The van der Waals surface area contributed by atoms with Gasteiger partial charge in [0.25, 0.3) is 5.91 Å². The van der Waals surface area contributed by atoms with Crippen molar-refractivity contribution in [2.75, 3.05) is 26.7 Å². The summed E-state index contributed by atoms with van der Waals surface area (Å²) in [7, 11) is 2.08. The smallest absolute Gasteiger partial charge is 0.290 e. The third kappa shape index (κ3) is 2.55. The Bertz CT molecular complexity index is 430. The van der Waals surface area contributed by atoms with E-state index in [0.29, 0.717) is 10.4 Å². The Balaban J connectivity index is 2.17. The highest BCUT2D eigenvalue weighted by atomic mass is 79.9. The van der Waals surface area contributed by atoms with E-state index in [4.69, 9.17) is 4.42 Å². The molecule has 1 aliphatic rings. The molecule has 1 amide bonds. The summed E-state index contributed by atoms with van der Waals surface area (Å²) in [6, 6.07) is 2.05. The average molecular weight is 301 g/mol. The number of rotatable bonds is 1. The maximum Gasteiger partial charge on any atom is 0.290 e. The van der Waals surface area contributed by atoms with E-state index in [1.165, 1.54) is 0 Å². The molecule has 1 saturated heterocycles. The summed E-state index contributed by atoms with van der Waals surface area (Å²) in [4.78, 5) is 16.5. The number of carbonyl (C=O) groups excluding carboxylic acids is 1. The molecule has 1 aromatic heterocycles. The van der Waals surface area contributed by atoms with Crippen LogP contribution in [0.3, 0.4) is 0 Å². The van der Waals surface area contributed by atoms with Crippen molar-refractivity contribution in [3.05, 3.63) is 22.1 Å². The second-order valence-electron chi connectivity index (χ2n) is 4.67. The van der Waals surface area contributed by atoms with Crippen LogP contribution < -0.4 is 0 Å². The zero-order chi connectivity index (χ0) is 12.6. The Morgan fingerprint density at radius 2 is 2.24 bits per heavy atom. The molecule has 5 heteroatoms. The molecule has 1 aromatic rings. The second kappa shape index (κ2) is 4.82. The minimum absolute atomic E-state index is 0.00574. The highest BCUT2D eigenvalue weighted by Gasteiger charge is 2.29. The van der Waals surface area contributed by atoms with Crippen molar-refractivity contribution in [1.82, 2.24) is 9.80 Å². The second-order valence-corrected chi connectivity index (χ2v) is 5.45. The number of carbonyl (C=O) groups is 1. The van der Waals surface area contributed by atoms with Crippen LogP contribution in [0, 0.1) is 6.92 Å². The zero-order valence-corrected chi connectivity index (χ0v) is 12.0. The topological polar surface area (TPSA) is 36.7 Å². The van der Waals surface area contributed by atoms with Crippen molar-refractivity contribution < 1.29 is 9.21 Å². The van der Waals surface area contributed by atoms with Gasteiger partial charge in [0.1, 0.15) is 0 Å². The number of nitrogens with zero attached hydrogens (tertiary/aromatic N) is 2. The molecule has 0 unspecified atom stereocenters. The molecule has 4 nitrogen and oxygen atoms in total. The highest BCUT2D eigenvalue weighted by molar-refractivity contribution is 9.10. The number of piperazine rings is 1. The van der Waals surface area contributed by atoms with Gasteiger partial charge in [0, 0.05) is 31.2 Å². The summed E-state index contributed by atoms with van der Waals surface area (Å²) in [5.41, 5.74) is 0.882. The third-order valence-electron chi connectivity index (χ3n) is 3.17. The first-order valence-electron chi connectivity index (χ1n) is 5.74. The summed E-state index contributed by atoms with van der Waals surface area (Å²) < 4.78 is 6.03. The fraction of sp³-hybridized carbons (Fsp3) is 0.583. The predicted molar refractivity (Wildman–Crippen MR) is 69.1 cm³/mol. The van der Waals surface area contributed by atoms with Crippen LogP contribution in [0.1, 0.15) is 23.0 Å². The van der Waals surface area contributed by atoms with Crippen LogP contribution in [0.15, 0.2) is 15.2 Å². The normalized spacial score (nSPS) is 21.9. The molecular formula is C12H17BrN2O2. The van der Waals surface area contributed by atoms with Crippen LogP contribution >= 0.6 is 15.9 Å². The quantitative estimate of drug-likeness (QED) is 0.797. The van der Waals surface area contributed by atoms with Gasteiger partial charge < -0.3 is 14.2 Å². The van der Waals surface area contributed by atoms with E-state index in [9.17, 15) is 4.79 Å². The number of furan rings is 1. The lowest BCUT2D eigenvalue weighted by Gasteiger charge is -2.37. The van der Waals surface area contributed by atoms with Crippen LogP contribution in [0.25, 0.3) is 0 Å². The van der Waals surface area contributed by atoms with Crippen LogP contribution in [-0.4, -0.2) is 48.4 Å². The fourth-order valence-electron chi connectivity index (χ4n) is 2.23. The van der Waals surface area contributed by atoms with Crippen molar-refractivity contribution in [2.45, 2.75) is 19.9 Å². The number of hydrogen-bond acceptors (Lipinski definition) is 3. The van der Waals surface area contributed by atoms with Crippen molar-refractivity contribution >= 4 is 21.8 Å². The molecule has 0 spiro atoms. The average Bonchev–Trinajstić information content (AvgIpc) is 2.57. The van der Waals surface area contributed by atoms with Gasteiger partial charge in [0.05, 0.1) is 0 Å². The van der Waals surface area contributed by atoms with Gasteiger partial charge in [-0.25, -0.2) is 0 Å². The van der Waals surface area contributed by atoms with Crippen LogP contribution in [0.4, 0.5) is 0 Å². The first kappa shape index (κ1) is 12.6. The van der Waals surface area contributed by atoms with Gasteiger partial charge in [-0.3, -0.25) is 4.79 Å². The number of likely N-dealkylation sites (N-methyl/N-ethyl adjacent to an activating group) is 1. The Morgan fingerprint density at radius 1 is 1.53 bits per heavy atom. The molecule has 0 N–H and O–H groups in total. The molecular weight excluding hydrogens is 284 g/mol. The lowest BCUT2D eigenvalue weighted by atomic mass is 10.1. The van der Waals surface area contributed by atoms with Crippen LogP contribution in [0.5, 0.6) is 0 Å². The molecule has 0 aromatic carbocycles. The Hall–Kier alpha value is -0.810. The van der Waals surface area contributed by atoms with Gasteiger partial charge in [0.2, 0.25) is 0 Å². The predicted octanol–water partition coefficient (Wildman–Crippen LogP) is 2.13. The van der Waals surface area contributed by atoms with E-state index in [2.05, 4.69) is 34.8 Å². The van der Waals surface area contributed by atoms with Crippen molar-refractivity contribution in [2.24, 2.45) is 0 Å². The molecule has 0 bridgehead atoms. The maximum atomic E-state index is 12.3. The van der Waals surface area contributed by atoms with E-state index in [1.54, 1.807) is 0 Å². The summed E-state index contributed by atoms with van der Waals surface area (Å²) in [6.07, 6.45) is 0. The van der Waals surface area contributed by atoms with E-state index >= 15 is 0 Å². The van der Waals surface area contributed by atoms with Gasteiger partial charge in [-0.05, 0) is 42.9 Å². The van der Waals surface area contributed by atoms with E-state index < -0.39 is 0 Å².